The van der Waals surface area contributed by atoms with Crippen LogP contribution in [0.5, 0.6) is 0 Å². The lowest BCUT2D eigenvalue weighted by molar-refractivity contribution is -0.116. The summed E-state index contributed by atoms with van der Waals surface area (Å²) in [6.07, 6.45) is 2.89. The first-order valence-electron chi connectivity index (χ1n) is 8.72. The van der Waals surface area contributed by atoms with Crippen molar-refractivity contribution in [2.24, 2.45) is 0 Å². The summed E-state index contributed by atoms with van der Waals surface area (Å²) in [6.45, 7) is 8.28. The third-order valence-corrected chi connectivity index (χ3v) is 8.53. The second kappa shape index (κ2) is 8.21. The predicted octanol–water partition coefficient (Wildman–Crippen LogP) is 6.73. The van der Waals surface area contributed by atoms with E-state index in [1.807, 2.05) is 29.5 Å². The Balaban J connectivity index is 2.85. The molecule has 2 unspecified atom stereocenters. The highest BCUT2D eigenvalue weighted by Crippen LogP contribution is 2.52. The van der Waals surface area contributed by atoms with Crippen LogP contribution in [0.1, 0.15) is 58.9 Å². The van der Waals surface area contributed by atoms with Gasteiger partial charge in [-0.25, -0.2) is 0 Å². The first-order chi connectivity index (χ1) is 12.1. The Morgan fingerprint density at radius 3 is 1.92 bits per heavy atom. The van der Waals surface area contributed by atoms with Gasteiger partial charge in [0.05, 0.1) is 25.6 Å². The molecular formula is C18H23Cl4IN2O. The molecular weight excluding hydrogens is 529 g/mol. The smallest absolute Gasteiger partial charge is 0.226 e. The van der Waals surface area contributed by atoms with E-state index in [-0.39, 0.29) is 13.8 Å². The van der Waals surface area contributed by atoms with Gasteiger partial charge in [-0.2, -0.15) is 0 Å². The van der Waals surface area contributed by atoms with E-state index in [4.69, 9.17) is 46.4 Å². The molecule has 26 heavy (non-hydrogen) atoms. The maximum atomic E-state index is 12.6. The summed E-state index contributed by atoms with van der Waals surface area (Å²) >= 11 is 27.4. The Bertz CT molecular complexity index is 726. The van der Waals surface area contributed by atoms with Gasteiger partial charge in [0.15, 0.2) is 0 Å². The van der Waals surface area contributed by atoms with Crippen molar-refractivity contribution < 1.29 is 4.79 Å². The monoisotopic (exact) mass is 550 g/mol. The van der Waals surface area contributed by atoms with Crippen LogP contribution in [0.15, 0.2) is 6.07 Å². The Kier molecular flexibility index (Phi) is 7.26. The van der Waals surface area contributed by atoms with E-state index >= 15 is 0 Å². The summed E-state index contributed by atoms with van der Waals surface area (Å²) in [6, 6.07) is 1.78. The van der Waals surface area contributed by atoms with E-state index in [1.165, 1.54) is 0 Å². The zero-order valence-electron chi connectivity index (χ0n) is 15.2. The minimum absolute atomic E-state index is 0.0153. The normalized spacial score (nSPS) is 27.7. The fraction of sp³-hybridized carbons (Fsp3) is 0.611. The third kappa shape index (κ3) is 3.21. The molecule has 1 aromatic carbocycles. The summed E-state index contributed by atoms with van der Waals surface area (Å²) in [5, 5.41) is 8.47. The highest BCUT2D eigenvalue weighted by Gasteiger charge is 2.63. The Morgan fingerprint density at radius 2 is 1.50 bits per heavy atom. The Morgan fingerprint density at radius 1 is 0.923 bits per heavy atom. The van der Waals surface area contributed by atoms with E-state index in [0.717, 1.165) is 18.4 Å². The molecule has 1 aromatic rings. The van der Waals surface area contributed by atoms with Crippen LogP contribution in [0.2, 0.25) is 20.1 Å². The van der Waals surface area contributed by atoms with Crippen LogP contribution in [0.3, 0.4) is 0 Å². The number of benzene rings is 1. The second-order valence-corrected chi connectivity index (χ2v) is 9.20. The molecule has 1 heterocycles. The summed E-state index contributed by atoms with van der Waals surface area (Å²) in [5.41, 5.74) is -1.10. The van der Waals surface area contributed by atoms with Gasteiger partial charge in [0.25, 0.3) is 0 Å². The van der Waals surface area contributed by atoms with E-state index in [9.17, 15) is 4.79 Å². The fourth-order valence-electron chi connectivity index (χ4n) is 4.30. The van der Waals surface area contributed by atoms with Crippen LogP contribution >= 0.6 is 69.0 Å². The lowest BCUT2D eigenvalue weighted by Crippen LogP contribution is -2.57. The van der Waals surface area contributed by atoms with Crippen LogP contribution in [0.4, 0.5) is 0 Å². The molecule has 2 rings (SSSR count). The molecule has 1 aliphatic rings. The van der Waals surface area contributed by atoms with Gasteiger partial charge in [0.1, 0.15) is 5.66 Å². The molecule has 1 saturated heterocycles. The van der Waals surface area contributed by atoms with E-state index in [1.54, 1.807) is 6.07 Å². The van der Waals surface area contributed by atoms with Crippen molar-refractivity contribution in [3.8, 4) is 0 Å². The number of hydrogen-bond acceptors (Lipinski definition) is 3. The maximum Gasteiger partial charge on any atom is 0.226 e. The molecule has 0 aromatic heterocycles. The number of nitrogens with one attached hydrogen (secondary N) is 2. The van der Waals surface area contributed by atoms with E-state index in [2.05, 4.69) is 31.4 Å². The standard InChI is InChI=1S/C18H23Cl4IN2O/c1-5-16(6-2)17(7-3,25-18(8-4,24-16)15(23)26)10-9-11(19)13(21)14(22)12(10)20/h9,24-25H,5-8H2,1-4H3. The molecule has 8 heteroatoms. The largest absolute Gasteiger partial charge is 0.285 e. The quantitative estimate of drug-likeness (QED) is 0.178. The van der Waals surface area contributed by atoms with E-state index in [0.29, 0.717) is 22.9 Å². The van der Waals surface area contributed by atoms with Gasteiger partial charge in [0.2, 0.25) is 3.79 Å². The highest BCUT2D eigenvalue weighted by molar-refractivity contribution is 14.1. The van der Waals surface area contributed by atoms with Crippen LogP contribution < -0.4 is 10.6 Å². The topological polar surface area (TPSA) is 41.1 Å². The lowest BCUT2D eigenvalue weighted by Gasteiger charge is -2.45. The number of halogens is 5. The zero-order valence-corrected chi connectivity index (χ0v) is 20.4. The highest BCUT2D eigenvalue weighted by atomic mass is 127. The average Bonchev–Trinajstić information content (AvgIpc) is 2.95. The summed E-state index contributed by atoms with van der Waals surface area (Å²) in [5.74, 6) is 0. The van der Waals surface area contributed by atoms with Crippen LogP contribution in [-0.4, -0.2) is 15.0 Å². The Labute approximate surface area is 189 Å². The van der Waals surface area contributed by atoms with E-state index < -0.39 is 16.7 Å². The molecule has 0 bridgehead atoms. The predicted molar refractivity (Wildman–Crippen MR) is 120 cm³/mol. The number of rotatable bonds is 6. The first-order valence-corrected chi connectivity index (χ1v) is 11.3. The van der Waals surface area contributed by atoms with Crippen molar-refractivity contribution in [1.29, 1.82) is 0 Å². The van der Waals surface area contributed by atoms with Crippen molar-refractivity contribution >= 4 is 72.8 Å². The van der Waals surface area contributed by atoms with Crippen molar-refractivity contribution in [3.05, 3.63) is 31.7 Å². The molecule has 1 fully saturated rings. The SMILES string of the molecule is CCC1(C(=O)I)NC(CC)(CC)C(CC)(c2cc(Cl)c(Cl)c(Cl)c2Cl)N1. The third-order valence-electron chi connectivity index (χ3n) is 5.86. The zero-order chi connectivity index (χ0) is 19.9. The molecule has 0 radical (unpaired) electrons. The van der Waals surface area contributed by atoms with Gasteiger partial charge in [-0.3, -0.25) is 15.4 Å². The molecule has 3 nitrogen and oxygen atoms in total. The molecule has 2 N–H and O–H groups in total. The van der Waals surface area contributed by atoms with Gasteiger partial charge >= 0.3 is 0 Å². The average molecular weight is 552 g/mol. The molecule has 1 aliphatic heterocycles. The van der Waals surface area contributed by atoms with Gasteiger partial charge < -0.3 is 0 Å². The molecule has 0 amide bonds. The number of carbonyl (C=O) groups is 1. The van der Waals surface area contributed by atoms with Gasteiger partial charge in [-0.05, 0) is 37.3 Å². The Hall–Kier alpha value is 0.700. The van der Waals surface area contributed by atoms with Crippen molar-refractivity contribution in [3.63, 3.8) is 0 Å². The molecule has 2 atom stereocenters. The lowest BCUT2D eigenvalue weighted by atomic mass is 9.68. The van der Waals surface area contributed by atoms with Gasteiger partial charge in [-0.15, -0.1) is 0 Å². The fourth-order valence-corrected chi connectivity index (χ4v) is 5.91. The van der Waals surface area contributed by atoms with Gasteiger partial charge in [-0.1, -0.05) is 74.1 Å². The molecule has 0 aliphatic carbocycles. The van der Waals surface area contributed by atoms with Gasteiger partial charge in [0, 0.05) is 28.1 Å². The molecule has 0 spiro atoms. The number of carbonyl (C=O) groups excluding carboxylic acids is 1. The molecule has 0 saturated carbocycles. The van der Waals surface area contributed by atoms with Crippen molar-refractivity contribution in [2.45, 2.75) is 70.1 Å². The summed E-state index contributed by atoms with van der Waals surface area (Å²) in [4.78, 5) is 12.6. The second-order valence-electron chi connectivity index (χ2n) is 6.68. The van der Waals surface area contributed by atoms with Crippen LogP contribution in [0.25, 0.3) is 0 Å². The van der Waals surface area contributed by atoms with Crippen LogP contribution in [-0.2, 0) is 10.3 Å². The summed E-state index contributed by atoms with van der Waals surface area (Å²) in [7, 11) is 0. The summed E-state index contributed by atoms with van der Waals surface area (Å²) < 4.78 is 0.0153. The molecule has 146 valence electrons. The van der Waals surface area contributed by atoms with Crippen LogP contribution in [0, 0.1) is 0 Å². The minimum atomic E-state index is -0.843. The van der Waals surface area contributed by atoms with Crippen molar-refractivity contribution in [1.82, 2.24) is 10.6 Å². The number of hydrogen-bond donors (Lipinski definition) is 2. The first kappa shape index (κ1) is 23.0. The van der Waals surface area contributed by atoms with Crippen molar-refractivity contribution in [2.75, 3.05) is 0 Å². The minimum Gasteiger partial charge on any atom is -0.285 e. The maximum absolute atomic E-state index is 12.6.